The van der Waals surface area contributed by atoms with Gasteiger partial charge in [-0.3, -0.25) is 4.79 Å². The first-order chi connectivity index (χ1) is 7.72. The van der Waals surface area contributed by atoms with E-state index in [1.165, 1.54) is 19.3 Å². The maximum absolute atomic E-state index is 12.4. The average molecular weight is 237 g/mol. The van der Waals surface area contributed by atoms with Crippen LogP contribution < -0.4 is 0 Å². The van der Waals surface area contributed by atoms with Crippen molar-refractivity contribution in [1.82, 2.24) is 4.98 Å². The second-order valence-electron chi connectivity index (χ2n) is 4.67. The summed E-state index contributed by atoms with van der Waals surface area (Å²) in [7, 11) is 0. The van der Waals surface area contributed by atoms with Crippen LogP contribution in [0.5, 0.6) is 0 Å². The highest BCUT2D eigenvalue weighted by Gasteiger charge is 2.30. The molecule has 1 fully saturated rings. The van der Waals surface area contributed by atoms with Gasteiger partial charge in [0.2, 0.25) is 0 Å². The average Bonchev–Trinajstić information content (AvgIpc) is 2.75. The van der Waals surface area contributed by atoms with E-state index in [9.17, 15) is 4.79 Å². The number of carbonyl (C=O) groups excluding carboxylic acids is 1. The Bertz CT molecular complexity index is 372. The highest BCUT2D eigenvalue weighted by molar-refractivity contribution is 7.13. The maximum Gasteiger partial charge on any atom is 0.177 e. The maximum atomic E-state index is 12.4. The minimum Gasteiger partial charge on any atom is -0.293 e. The largest absolute Gasteiger partial charge is 0.293 e. The SMILES string of the molecule is CCC1CCCCC1C(=O)c1cnc(C)s1. The number of hydrogen-bond acceptors (Lipinski definition) is 3. The van der Waals surface area contributed by atoms with Crippen molar-refractivity contribution in [3.63, 3.8) is 0 Å². The van der Waals surface area contributed by atoms with Crippen molar-refractivity contribution in [3.05, 3.63) is 16.1 Å². The number of aryl methyl sites for hydroxylation is 1. The van der Waals surface area contributed by atoms with Crippen molar-refractivity contribution in [2.24, 2.45) is 11.8 Å². The zero-order valence-corrected chi connectivity index (χ0v) is 10.8. The molecule has 1 heterocycles. The molecular weight excluding hydrogens is 218 g/mol. The van der Waals surface area contributed by atoms with Crippen molar-refractivity contribution in [2.75, 3.05) is 0 Å². The first kappa shape index (κ1) is 11.8. The summed E-state index contributed by atoms with van der Waals surface area (Å²) in [5.41, 5.74) is 0. The van der Waals surface area contributed by atoms with E-state index in [4.69, 9.17) is 0 Å². The van der Waals surface area contributed by atoms with E-state index in [1.54, 1.807) is 17.5 Å². The minimum atomic E-state index is 0.263. The summed E-state index contributed by atoms with van der Waals surface area (Å²) in [5.74, 6) is 1.21. The molecule has 2 rings (SSSR count). The standard InChI is InChI=1S/C13H19NOS/c1-3-10-6-4-5-7-11(10)13(15)12-8-14-9(2)16-12/h8,10-11H,3-7H2,1-2H3. The van der Waals surface area contributed by atoms with Gasteiger partial charge in [0.15, 0.2) is 5.78 Å². The first-order valence-corrected chi connectivity index (χ1v) is 7.00. The van der Waals surface area contributed by atoms with Crippen LogP contribution in [0.25, 0.3) is 0 Å². The van der Waals surface area contributed by atoms with Crippen molar-refractivity contribution < 1.29 is 4.79 Å². The van der Waals surface area contributed by atoms with E-state index >= 15 is 0 Å². The Balaban J connectivity index is 2.13. The van der Waals surface area contributed by atoms with Crippen LogP contribution in [0.1, 0.15) is 53.7 Å². The van der Waals surface area contributed by atoms with E-state index in [0.29, 0.717) is 11.7 Å². The topological polar surface area (TPSA) is 30.0 Å². The van der Waals surface area contributed by atoms with Gasteiger partial charge in [-0.1, -0.05) is 26.2 Å². The Kier molecular flexibility index (Phi) is 3.74. The highest BCUT2D eigenvalue weighted by Crippen LogP contribution is 2.35. The second kappa shape index (κ2) is 5.09. The zero-order valence-electron chi connectivity index (χ0n) is 10.0. The molecule has 3 heteroatoms. The number of rotatable bonds is 3. The molecule has 16 heavy (non-hydrogen) atoms. The van der Waals surface area contributed by atoms with Crippen LogP contribution in [0.4, 0.5) is 0 Å². The molecule has 2 atom stereocenters. The van der Waals surface area contributed by atoms with Crippen molar-refractivity contribution in [3.8, 4) is 0 Å². The minimum absolute atomic E-state index is 0.263. The first-order valence-electron chi connectivity index (χ1n) is 6.19. The van der Waals surface area contributed by atoms with Crippen LogP contribution in [-0.2, 0) is 0 Å². The number of thiazole rings is 1. The monoisotopic (exact) mass is 237 g/mol. The van der Waals surface area contributed by atoms with Gasteiger partial charge >= 0.3 is 0 Å². The number of carbonyl (C=O) groups is 1. The predicted octanol–water partition coefficient (Wildman–Crippen LogP) is 3.85. The van der Waals surface area contributed by atoms with E-state index in [0.717, 1.165) is 22.7 Å². The quantitative estimate of drug-likeness (QED) is 0.747. The van der Waals surface area contributed by atoms with Crippen LogP contribution in [0, 0.1) is 18.8 Å². The highest BCUT2D eigenvalue weighted by atomic mass is 32.1. The van der Waals surface area contributed by atoms with E-state index in [-0.39, 0.29) is 5.92 Å². The molecule has 1 aromatic rings. The van der Waals surface area contributed by atoms with Crippen molar-refractivity contribution in [2.45, 2.75) is 46.0 Å². The number of Topliss-reactive ketones (excluding diaryl/α,β-unsaturated/α-hetero) is 1. The Labute approximate surface area is 101 Å². The van der Waals surface area contributed by atoms with Gasteiger partial charge < -0.3 is 0 Å². The molecule has 0 N–H and O–H groups in total. The molecule has 0 amide bonds. The molecule has 1 aliphatic rings. The van der Waals surface area contributed by atoms with Gasteiger partial charge in [-0.05, 0) is 25.7 Å². The van der Waals surface area contributed by atoms with Crippen molar-refractivity contribution >= 4 is 17.1 Å². The molecule has 1 saturated carbocycles. The smallest absolute Gasteiger partial charge is 0.177 e. The van der Waals surface area contributed by atoms with Crippen LogP contribution >= 0.6 is 11.3 Å². The molecule has 0 radical (unpaired) electrons. The summed E-state index contributed by atoms with van der Waals surface area (Å²) in [6, 6.07) is 0. The fourth-order valence-corrected chi connectivity index (χ4v) is 3.48. The lowest BCUT2D eigenvalue weighted by Crippen LogP contribution is -2.26. The molecule has 0 saturated heterocycles. The summed E-state index contributed by atoms with van der Waals surface area (Å²) < 4.78 is 0. The molecule has 2 nitrogen and oxygen atoms in total. The number of ketones is 1. The molecule has 2 unspecified atom stereocenters. The summed E-state index contributed by atoms with van der Waals surface area (Å²) in [4.78, 5) is 17.4. The lowest BCUT2D eigenvalue weighted by Gasteiger charge is -2.29. The second-order valence-corrected chi connectivity index (χ2v) is 5.90. The summed E-state index contributed by atoms with van der Waals surface area (Å²) in [6.45, 7) is 4.16. The fraction of sp³-hybridized carbons (Fsp3) is 0.692. The van der Waals surface area contributed by atoms with Crippen molar-refractivity contribution in [1.29, 1.82) is 0 Å². The fourth-order valence-electron chi connectivity index (χ4n) is 2.70. The van der Waals surface area contributed by atoms with Crippen LogP contribution in [-0.4, -0.2) is 10.8 Å². The van der Waals surface area contributed by atoms with Crippen LogP contribution in [0.2, 0.25) is 0 Å². The lowest BCUT2D eigenvalue weighted by atomic mass is 9.75. The number of nitrogens with zero attached hydrogens (tertiary/aromatic N) is 1. The zero-order chi connectivity index (χ0) is 11.5. The van der Waals surface area contributed by atoms with Gasteiger partial charge in [0.05, 0.1) is 9.88 Å². The van der Waals surface area contributed by atoms with E-state index in [2.05, 4.69) is 11.9 Å². The summed E-state index contributed by atoms with van der Waals surface area (Å²) in [6.07, 6.45) is 7.70. The van der Waals surface area contributed by atoms with Gasteiger partial charge in [0, 0.05) is 12.1 Å². The molecule has 0 bridgehead atoms. The number of aromatic nitrogens is 1. The molecule has 0 aliphatic heterocycles. The van der Waals surface area contributed by atoms with E-state index < -0.39 is 0 Å². The molecule has 88 valence electrons. The van der Waals surface area contributed by atoms with Crippen LogP contribution in [0.3, 0.4) is 0 Å². The Hall–Kier alpha value is -0.700. The number of hydrogen-bond donors (Lipinski definition) is 0. The van der Waals surface area contributed by atoms with Gasteiger partial charge in [-0.25, -0.2) is 4.98 Å². The third kappa shape index (κ3) is 2.34. The Morgan fingerprint density at radius 2 is 2.25 bits per heavy atom. The van der Waals surface area contributed by atoms with Crippen LogP contribution in [0.15, 0.2) is 6.20 Å². The third-order valence-corrected chi connectivity index (χ3v) is 4.56. The summed E-state index contributed by atoms with van der Waals surface area (Å²) >= 11 is 1.54. The van der Waals surface area contributed by atoms with E-state index in [1.807, 2.05) is 6.92 Å². The van der Waals surface area contributed by atoms with Gasteiger partial charge in [0.1, 0.15) is 0 Å². The Morgan fingerprint density at radius 3 is 2.88 bits per heavy atom. The van der Waals surface area contributed by atoms with Gasteiger partial charge in [-0.2, -0.15) is 0 Å². The molecule has 1 aromatic heterocycles. The molecule has 0 spiro atoms. The van der Waals surface area contributed by atoms with Gasteiger partial charge in [-0.15, -0.1) is 11.3 Å². The summed E-state index contributed by atoms with van der Waals surface area (Å²) in [5, 5.41) is 0.993. The molecule has 0 aromatic carbocycles. The third-order valence-electron chi connectivity index (χ3n) is 3.63. The van der Waals surface area contributed by atoms with Gasteiger partial charge in [0.25, 0.3) is 0 Å². The normalized spacial score (nSPS) is 25.6. The molecular formula is C13H19NOS. The predicted molar refractivity (Wildman–Crippen MR) is 66.9 cm³/mol. The molecule has 1 aliphatic carbocycles. The Morgan fingerprint density at radius 1 is 1.50 bits per heavy atom. The lowest BCUT2D eigenvalue weighted by molar-refractivity contribution is 0.0824.